The van der Waals surface area contributed by atoms with Crippen LogP contribution < -0.4 is 16.2 Å². The minimum atomic E-state index is 0.705. The summed E-state index contributed by atoms with van der Waals surface area (Å²) >= 11 is 0. The van der Waals surface area contributed by atoms with Crippen molar-refractivity contribution in [3.63, 3.8) is 0 Å². The fraction of sp³-hybridized carbons (Fsp3) is 0.0476. The van der Waals surface area contributed by atoms with Gasteiger partial charge in [0.05, 0.1) is 17.6 Å². The molecule has 6 heteroatoms. The van der Waals surface area contributed by atoms with Crippen LogP contribution in [0.1, 0.15) is 11.3 Å². The standard InChI is InChI=1S/C21H18N6/c1-15-4-5-16(9-17(15)3-2-8-22)10-19-13-25-21-7-6-20(26-27(19)21)18-11-23-14-24-12-18/h2-9,11-14H,1,10,22H2/b8-2-,17-3-. The molecule has 0 aliphatic heterocycles. The third-order valence-electron chi connectivity index (χ3n) is 4.27. The van der Waals surface area contributed by atoms with E-state index < -0.39 is 0 Å². The van der Waals surface area contributed by atoms with E-state index in [4.69, 9.17) is 10.8 Å². The molecule has 3 aromatic heterocycles. The van der Waals surface area contributed by atoms with E-state index in [0.717, 1.165) is 38.6 Å². The van der Waals surface area contributed by atoms with Crippen molar-refractivity contribution >= 4 is 18.3 Å². The van der Waals surface area contributed by atoms with E-state index in [1.165, 1.54) is 12.5 Å². The monoisotopic (exact) mass is 354 g/mol. The molecule has 3 heterocycles. The van der Waals surface area contributed by atoms with Crippen molar-refractivity contribution in [1.82, 2.24) is 24.6 Å². The van der Waals surface area contributed by atoms with Gasteiger partial charge in [0.25, 0.3) is 0 Å². The second kappa shape index (κ2) is 7.21. The molecule has 0 unspecified atom stereocenters. The average Bonchev–Trinajstić information content (AvgIpc) is 3.11. The summed E-state index contributed by atoms with van der Waals surface area (Å²) in [6, 6.07) is 10.1. The van der Waals surface area contributed by atoms with Crippen LogP contribution in [-0.4, -0.2) is 24.6 Å². The largest absolute Gasteiger partial charge is 0.405 e. The van der Waals surface area contributed by atoms with Crippen molar-refractivity contribution in [2.75, 3.05) is 0 Å². The maximum atomic E-state index is 5.44. The molecule has 0 radical (unpaired) electrons. The lowest BCUT2D eigenvalue weighted by Gasteiger charge is -2.05. The predicted molar refractivity (Wildman–Crippen MR) is 106 cm³/mol. The molecule has 0 saturated heterocycles. The Bertz CT molecular complexity index is 1220. The van der Waals surface area contributed by atoms with E-state index in [-0.39, 0.29) is 0 Å². The Kier molecular flexibility index (Phi) is 4.45. The molecular formula is C21H18N6. The number of hydrogen-bond donors (Lipinski definition) is 1. The summed E-state index contributed by atoms with van der Waals surface area (Å²) in [5, 5.41) is 6.72. The highest BCUT2D eigenvalue weighted by molar-refractivity contribution is 5.58. The highest BCUT2D eigenvalue weighted by Crippen LogP contribution is 2.16. The van der Waals surface area contributed by atoms with E-state index in [1.807, 2.05) is 35.0 Å². The number of nitrogens with zero attached hydrogens (tertiary/aromatic N) is 5. The van der Waals surface area contributed by atoms with Crippen LogP contribution in [-0.2, 0) is 6.42 Å². The molecule has 0 aliphatic carbocycles. The van der Waals surface area contributed by atoms with E-state index in [0.29, 0.717) is 6.42 Å². The molecule has 0 bridgehead atoms. The van der Waals surface area contributed by atoms with Crippen LogP contribution >= 0.6 is 0 Å². The number of fused-ring (bicyclic) bond motifs is 1. The zero-order valence-corrected chi connectivity index (χ0v) is 14.7. The molecule has 0 amide bonds. The number of imidazole rings is 1. The van der Waals surface area contributed by atoms with E-state index in [1.54, 1.807) is 18.5 Å². The van der Waals surface area contributed by atoms with Gasteiger partial charge in [-0.05, 0) is 40.4 Å². The molecular weight excluding hydrogens is 336 g/mol. The summed E-state index contributed by atoms with van der Waals surface area (Å²) in [5.41, 5.74) is 10.1. The first-order valence-corrected chi connectivity index (χ1v) is 8.50. The summed E-state index contributed by atoms with van der Waals surface area (Å²) in [4.78, 5) is 12.6. The van der Waals surface area contributed by atoms with Gasteiger partial charge in [0.1, 0.15) is 6.33 Å². The minimum Gasteiger partial charge on any atom is -0.405 e. The van der Waals surface area contributed by atoms with E-state index >= 15 is 0 Å². The summed E-state index contributed by atoms with van der Waals surface area (Å²) < 4.78 is 1.86. The fourth-order valence-corrected chi connectivity index (χ4v) is 2.90. The molecule has 6 nitrogen and oxygen atoms in total. The predicted octanol–water partition coefficient (Wildman–Crippen LogP) is 1.44. The van der Waals surface area contributed by atoms with Crippen LogP contribution in [0.2, 0.25) is 0 Å². The number of benzene rings is 1. The van der Waals surface area contributed by atoms with E-state index in [9.17, 15) is 0 Å². The van der Waals surface area contributed by atoms with Gasteiger partial charge in [0, 0.05) is 24.4 Å². The van der Waals surface area contributed by atoms with E-state index in [2.05, 4.69) is 33.7 Å². The smallest absolute Gasteiger partial charge is 0.153 e. The van der Waals surface area contributed by atoms with Gasteiger partial charge in [-0.1, -0.05) is 30.9 Å². The van der Waals surface area contributed by atoms with Crippen molar-refractivity contribution < 1.29 is 0 Å². The second-order valence-electron chi connectivity index (χ2n) is 6.13. The van der Waals surface area contributed by atoms with Gasteiger partial charge in [-0.2, -0.15) is 5.10 Å². The van der Waals surface area contributed by atoms with Crippen molar-refractivity contribution in [3.05, 3.63) is 89.2 Å². The van der Waals surface area contributed by atoms with Crippen LogP contribution in [0.3, 0.4) is 0 Å². The topological polar surface area (TPSA) is 82.0 Å². The molecule has 27 heavy (non-hydrogen) atoms. The summed E-state index contributed by atoms with van der Waals surface area (Å²) in [6.45, 7) is 4.06. The zero-order chi connectivity index (χ0) is 18.6. The fourth-order valence-electron chi connectivity index (χ4n) is 2.90. The Balaban J connectivity index is 1.74. The van der Waals surface area contributed by atoms with Crippen LogP contribution in [0.5, 0.6) is 0 Å². The van der Waals surface area contributed by atoms with Crippen molar-refractivity contribution in [1.29, 1.82) is 0 Å². The summed E-state index contributed by atoms with van der Waals surface area (Å²) in [6.07, 6.45) is 12.8. The number of allylic oxidation sites excluding steroid dienone is 1. The lowest BCUT2D eigenvalue weighted by atomic mass is 10.1. The Morgan fingerprint density at radius 1 is 1.07 bits per heavy atom. The van der Waals surface area contributed by atoms with Gasteiger partial charge >= 0.3 is 0 Å². The first-order valence-electron chi connectivity index (χ1n) is 8.50. The molecule has 0 saturated carbocycles. The number of nitrogens with two attached hydrogens (primary N) is 1. The van der Waals surface area contributed by atoms with Crippen LogP contribution in [0, 0.1) is 0 Å². The van der Waals surface area contributed by atoms with Gasteiger partial charge in [-0.25, -0.2) is 19.5 Å². The number of hydrogen-bond acceptors (Lipinski definition) is 5. The lowest BCUT2D eigenvalue weighted by molar-refractivity contribution is 0.874. The van der Waals surface area contributed by atoms with Crippen molar-refractivity contribution in [2.24, 2.45) is 5.73 Å². The minimum absolute atomic E-state index is 0.705. The molecule has 0 atom stereocenters. The SMILES string of the molecule is C=c1ccc(Cc2cnc3ccc(-c4cncnc4)nn23)c/c1=C/C=C\N. The highest BCUT2D eigenvalue weighted by atomic mass is 15.3. The Hall–Kier alpha value is -3.80. The lowest BCUT2D eigenvalue weighted by Crippen LogP contribution is -2.23. The van der Waals surface area contributed by atoms with Gasteiger partial charge in [-0.3, -0.25) is 0 Å². The van der Waals surface area contributed by atoms with Crippen molar-refractivity contribution in [2.45, 2.75) is 6.42 Å². The molecule has 0 aliphatic rings. The van der Waals surface area contributed by atoms with Crippen LogP contribution in [0.25, 0.3) is 29.6 Å². The highest BCUT2D eigenvalue weighted by Gasteiger charge is 2.08. The molecule has 4 aromatic rings. The zero-order valence-electron chi connectivity index (χ0n) is 14.7. The normalized spacial score (nSPS) is 12.2. The van der Waals surface area contributed by atoms with Crippen LogP contribution in [0.15, 0.2) is 67.5 Å². The van der Waals surface area contributed by atoms with Gasteiger partial charge in [-0.15, -0.1) is 0 Å². The Labute approximate surface area is 156 Å². The first kappa shape index (κ1) is 16.7. The first-order chi connectivity index (χ1) is 13.2. The average molecular weight is 354 g/mol. The molecule has 4 rings (SSSR count). The molecule has 0 spiro atoms. The van der Waals surface area contributed by atoms with Gasteiger partial charge < -0.3 is 5.73 Å². The molecule has 2 N–H and O–H groups in total. The van der Waals surface area contributed by atoms with Gasteiger partial charge in [0.15, 0.2) is 5.65 Å². The number of aromatic nitrogens is 5. The number of rotatable bonds is 4. The van der Waals surface area contributed by atoms with Crippen molar-refractivity contribution in [3.8, 4) is 11.3 Å². The third-order valence-corrected chi connectivity index (χ3v) is 4.27. The molecule has 1 aromatic carbocycles. The summed E-state index contributed by atoms with van der Waals surface area (Å²) in [7, 11) is 0. The quantitative estimate of drug-likeness (QED) is 0.600. The maximum absolute atomic E-state index is 5.44. The third kappa shape index (κ3) is 3.46. The Morgan fingerprint density at radius 2 is 1.93 bits per heavy atom. The summed E-state index contributed by atoms with van der Waals surface area (Å²) in [5.74, 6) is 0. The van der Waals surface area contributed by atoms with Crippen LogP contribution in [0.4, 0.5) is 0 Å². The maximum Gasteiger partial charge on any atom is 0.153 e. The second-order valence-corrected chi connectivity index (χ2v) is 6.13. The molecule has 132 valence electrons. The Morgan fingerprint density at radius 3 is 2.74 bits per heavy atom. The molecule has 0 fully saturated rings. The van der Waals surface area contributed by atoms with Gasteiger partial charge in [0.2, 0.25) is 0 Å².